The lowest BCUT2D eigenvalue weighted by Gasteiger charge is -2.48. The molecule has 0 atom stereocenters. The molecule has 0 N–H and O–H groups in total. The summed E-state index contributed by atoms with van der Waals surface area (Å²) in [6.07, 6.45) is 0. The lowest BCUT2D eigenvalue weighted by molar-refractivity contribution is 0.633. The molecule has 1 heterocycles. The van der Waals surface area contributed by atoms with Crippen molar-refractivity contribution < 1.29 is 0 Å². The average Bonchev–Trinajstić information content (AvgIpc) is 3.85. The molecule has 1 aromatic heterocycles. The Hall–Kier alpha value is -6.96. The first kappa shape index (κ1) is 30.4. The third-order valence-corrected chi connectivity index (χ3v) is 13.5. The molecule has 0 bridgehead atoms. The van der Waals surface area contributed by atoms with Crippen LogP contribution in [0.5, 0.6) is 0 Å². The number of aromatic nitrogens is 1. The molecule has 3 aliphatic rings. The molecule has 9 aromatic carbocycles. The first-order valence-electron chi connectivity index (χ1n) is 19.8. The fourth-order valence-corrected chi connectivity index (χ4v) is 11.5. The minimum absolute atomic E-state index is 0.453. The Bertz CT molecular complexity index is 3230. The Morgan fingerprint density at radius 1 is 0.339 bits per heavy atom. The molecule has 0 unspecified atom stereocenters. The molecule has 13 rings (SSSR count). The Kier molecular flexibility index (Phi) is 5.76. The molecule has 0 saturated carbocycles. The van der Waals surface area contributed by atoms with E-state index in [4.69, 9.17) is 0 Å². The fourth-order valence-electron chi connectivity index (χ4n) is 11.5. The number of hydrogen-bond acceptors (Lipinski definition) is 0. The predicted octanol–water partition coefficient (Wildman–Crippen LogP) is 13.3. The van der Waals surface area contributed by atoms with E-state index in [1.165, 1.54) is 111 Å². The van der Waals surface area contributed by atoms with Crippen LogP contribution in [0, 0.1) is 6.92 Å². The molecule has 260 valence electrons. The Balaban J connectivity index is 1.22. The minimum Gasteiger partial charge on any atom is -0.309 e. The maximum absolute atomic E-state index is 2.59. The van der Waals surface area contributed by atoms with Crippen LogP contribution in [0.1, 0.15) is 50.1 Å². The topological polar surface area (TPSA) is 4.93 Å². The second kappa shape index (κ2) is 10.6. The maximum atomic E-state index is 2.59. The lowest BCUT2D eigenvalue weighted by atomic mass is 9.52. The van der Waals surface area contributed by atoms with Crippen LogP contribution in [0.15, 0.2) is 194 Å². The van der Waals surface area contributed by atoms with E-state index in [0.717, 1.165) is 0 Å². The van der Waals surface area contributed by atoms with Crippen molar-refractivity contribution in [1.29, 1.82) is 0 Å². The zero-order valence-electron chi connectivity index (χ0n) is 30.9. The van der Waals surface area contributed by atoms with E-state index in [1.54, 1.807) is 0 Å². The zero-order valence-corrected chi connectivity index (χ0v) is 30.9. The van der Waals surface area contributed by atoms with Gasteiger partial charge < -0.3 is 4.57 Å². The van der Waals surface area contributed by atoms with Crippen LogP contribution in [0.3, 0.4) is 0 Å². The summed E-state index contributed by atoms with van der Waals surface area (Å²) in [7, 11) is 0. The zero-order chi connectivity index (χ0) is 36.8. The quantitative estimate of drug-likeness (QED) is 0.160. The smallest absolute Gasteiger partial charge is 0.0720 e. The normalized spacial score (nSPS) is 14.8. The molecule has 1 heteroatoms. The summed E-state index contributed by atoms with van der Waals surface area (Å²) >= 11 is 0. The van der Waals surface area contributed by atoms with Crippen LogP contribution in [0.2, 0.25) is 0 Å². The van der Waals surface area contributed by atoms with Gasteiger partial charge in [-0.3, -0.25) is 0 Å². The molecule has 10 aromatic rings. The SMILES string of the molecule is Cc1ccc(-n2c3cc4c(cc3c3c5ccccc5ccc32)C2(c3ccccc3-4)c3ccccc3C3(c4ccccc4-c4ccccc43)c3ccccc32)cc1. The van der Waals surface area contributed by atoms with Crippen LogP contribution in [-0.4, -0.2) is 4.57 Å². The van der Waals surface area contributed by atoms with E-state index in [2.05, 4.69) is 206 Å². The molecular weight excluding hydrogens is 675 g/mol. The highest BCUT2D eigenvalue weighted by Gasteiger charge is 2.58. The first-order chi connectivity index (χ1) is 27.7. The van der Waals surface area contributed by atoms with Crippen molar-refractivity contribution in [3.8, 4) is 27.9 Å². The average molecular weight is 710 g/mol. The van der Waals surface area contributed by atoms with Gasteiger partial charge in [0.1, 0.15) is 0 Å². The van der Waals surface area contributed by atoms with Gasteiger partial charge in [0.2, 0.25) is 0 Å². The van der Waals surface area contributed by atoms with Crippen LogP contribution >= 0.6 is 0 Å². The monoisotopic (exact) mass is 709 g/mol. The first-order valence-corrected chi connectivity index (χ1v) is 19.8. The van der Waals surface area contributed by atoms with Gasteiger partial charge in [-0.2, -0.15) is 0 Å². The minimum atomic E-state index is -0.534. The van der Waals surface area contributed by atoms with Crippen molar-refractivity contribution in [2.75, 3.05) is 0 Å². The summed E-state index contributed by atoms with van der Waals surface area (Å²) in [5.41, 5.74) is 20.1. The van der Waals surface area contributed by atoms with Crippen molar-refractivity contribution in [2.24, 2.45) is 0 Å². The summed E-state index contributed by atoms with van der Waals surface area (Å²) in [4.78, 5) is 0. The van der Waals surface area contributed by atoms with E-state index >= 15 is 0 Å². The Labute approximate surface area is 325 Å². The van der Waals surface area contributed by atoms with Crippen molar-refractivity contribution in [3.63, 3.8) is 0 Å². The van der Waals surface area contributed by atoms with Gasteiger partial charge >= 0.3 is 0 Å². The summed E-state index contributed by atoms with van der Waals surface area (Å²) < 4.78 is 2.49. The van der Waals surface area contributed by atoms with Crippen molar-refractivity contribution in [2.45, 2.75) is 17.8 Å². The number of fused-ring (bicyclic) bond motifs is 21. The van der Waals surface area contributed by atoms with Gasteiger partial charge in [-0.1, -0.05) is 169 Å². The van der Waals surface area contributed by atoms with E-state index in [-0.39, 0.29) is 0 Å². The van der Waals surface area contributed by atoms with Gasteiger partial charge in [-0.25, -0.2) is 0 Å². The van der Waals surface area contributed by atoms with Crippen LogP contribution in [0.25, 0.3) is 60.5 Å². The molecule has 1 nitrogen and oxygen atoms in total. The molecular formula is C55H35N. The fraction of sp³-hybridized carbons (Fsp3) is 0.0545. The molecule has 0 fully saturated rings. The predicted molar refractivity (Wildman–Crippen MR) is 231 cm³/mol. The molecule has 2 spiro atoms. The molecule has 3 aliphatic carbocycles. The highest BCUT2D eigenvalue weighted by molar-refractivity contribution is 6.22. The largest absolute Gasteiger partial charge is 0.309 e. The number of nitrogens with zero attached hydrogens (tertiary/aromatic N) is 1. The number of benzene rings is 9. The Morgan fingerprint density at radius 2 is 0.804 bits per heavy atom. The highest BCUT2D eigenvalue weighted by atomic mass is 15.0. The second-order valence-corrected chi connectivity index (χ2v) is 16.0. The summed E-state index contributed by atoms with van der Waals surface area (Å²) in [5, 5.41) is 5.14. The van der Waals surface area contributed by atoms with Crippen LogP contribution in [-0.2, 0) is 10.8 Å². The summed E-state index contributed by atoms with van der Waals surface area (Å²) in [5.74, 6) is 0. The number of rotatable bonds is 1. The van der Waals surface area contributed by atoms with E-state index in [0.29, 0.717) is 0 Å². The molecule has 0 radical (unpaired) electrons. The van der Waals surface area contributed by atoms with Gasteiger partial charge in [0.15, 0.2) is 0 Å². The molecule has 0 amide bonds. The Morgan fingerprint density at radius 3 is 1.38 bits per heavy atom. The van der Waals surface area contributed by atoms with Crippen LogP contribution in [0.4, 0.5) is 0 Å². The van der Waals surface area contributed by atoms with Crippen molar-refractivity contribution in [3.05, 3.63) is 244 Å². The number of hydrogen-bond donors (Lipinski definition) is 0. The molecule has 0 saturated heterocycles. The van der Waals surface area contributed by atoms with Crippen LogP contribution < -0.4 is 0 Å². The van der Waals surface area contributed by atoms with Crippen molar-refractivity contribution in [1.82, 2.24) is 4.57 Å². The van der Waals surface area contributed by atoms with E-state index in [9.17, 15) is 0 Å². The van der Waals surface area contributed by atoms with E-state index in [1.807, 2.05) is 0 Å². The highest BCUT2D eigenvalue weighted by Crippen LogP contribution is 2.67. The third kappa shape index (κ3) is 3.45. The van der Waals surface area contributed by atoms with Gasteiger partial charge in [0, 0.05) is 16.5 Å². The summed E-state index contributed by atoms with van der Waals surface area (Å²) in [6.45, 7) is 2.17. The van der Waals surface area contributed by atoms with Crippen molar-refractivity contribution >= 4 is 32.6 Å². The lowest BCUT2D eigenvalue weighted by Crippen LogP contribution is -2.43. The standard InChI is InChI=1S/C55H35N/c1-34-26-29-36(30-27-34)56-51-31-28-35-14-2-3-15-37(35)53(51)42-32-50-41(33-52(42)56)40-18-6-9-21-45(40)55(50)48-24-12-10-22-46(48)54(47-23-11-13-25-49(47)55)43-19-7-4-16-38(43)39-17-5-8-20-44(39)54/h2-33H,1H3. The third-order valence-electron chi connectivity index (χ3n) is 13.5. The molecule has 0 aliphatic heterocycles. The molecule has 56 heavy (non-hydrogen) atoms. The van der Waals surface area contributed by atoms with E-state index < -0.39 is 10.8 Å². The number of aryl methyl sites for hydroxylation is 1. The summed E-state index contributed by atoms with van der Waals surface area (Å²) in [6, 6.07) is 73.9. The second-order valence-electron chi connectivity index (χ2n) is 16.0. The van der Waals surface area contributed by atoms with Gasteiger partial charge in [-0.15, -0.1) is 0 Å². The van der Waals surface area contributed by atoms with Gasteiger partial charge in [0.25, 0.3) is 0 Å². The maximum Gasteiger partial charge on any atom is 0.0720 e. The van der Waals surface area contributed by atoms with Gasteiger partial charge in [-0.05, 0) is 115 Å². The van der Waals surface area contributed by atoms with Gasteiger partial charge in [0.05, 0.1) is 21.9 Å².